The summed E-state index contributed by atoms with van der Waals surface area (Å²) in [6.07, 6.45) is 0.997. The van der Waals surface area contributed by atoms with Crippen LogP contribution in [0.3, 0.4) is 0 Å². The van der Waals surface area contributed by atoms with Gasteiger partial charge in [0.05, 0.1) is 73.0 Å². The first kappa shape index (κ1) is 95.6. The van der Waals surface area contributed by atoms with E-state index >= 15 is 0 Å². The minimum atomic E-state index is -1.27. The number of ether oxygens (including phenoxy) is 6. The molecule has 8 heterocycles. The van der Waals surface area contributed by atoms with Crippen molar-refractivity contribution in [2.45, 2.75) is 50.7 Å². The highest BCUT2D eigenvalue weighted by atomic mass is 32.2. The van der Waals surface area contributed by atoms with Crippen molar-refractivity contribution >= 4 is 133 Å². The predicted octanol–water partition coefficient (Wildman–Crippen LogP) is 18.1. The summed E-state index contributed by atoms with van der Waals surface area (Å²) < 4.78 is 75.6. The van der Waals surface area contributed by atoms with Gasteiger partial charge in [-0.1, -0.05) is 168 Å². The Morgan fingerprint density at radius 2 is 0.759 bits per heavy atom. The normalized spacial score (nSPS) is 15.2. The fraction of sp³-hybridized carbons (Fsp3) is 0.163. The van der Waals surface area contributed by atoms with Crippen molar-refractivity contribution in [1.29, 1.82) is 10.8 Å². The molecule has 2 saturated heterocycles. The van der Waals surface area contributed by atoms with Crippen molar-refractivity contribution < 1.29 is 97.5 Å². The maximum atomic E-state index is 12.9. The van der Waals surface area contributed by atoms with E-state index in [-0.39, 0.29) is 97.9 Å². The first-order valence-corrected chi connectivity index (χ1v) is 41.6. The maximum Gasteiger partial charge on any atom is 0.340 e. The van der Waals surface area contributed by atoms with Gasteiger partial charge in [-0.05, 0) is 131 Å². The van der Waals surface area contributed by atoms with Gasteiger partial charge in [-0.3, -0.25) is 19.2 Å². The third kappa shape index (κ3) is 19.6. The summed E-state index contributed by atoms with van der Waals surface area (Å²) in [4.78, 5) is 107. The Kier molecular flexibility index (Phi) is 30.1. The average Bonchev–Trinajstić information content (AvgIpc) is 1.58. The molecule has 10 aromatic rings. The molecule has 674 valence electrons. The second-order valence-electron chi connectivity index (χ2n) is 30.7. The molecule has 2 N–H and O–H groups in total. The number of nitrogens with zero attached hydrogens (tertiary/aromatic N) is 8. The molecule has 8 aliphatic heterocycles. The molecule has 2 unspecified atom stereocenters. The van der Waals surface area contributed by atoms with Crippen molar-refractivity contribution in [1.82, 2.24) is 9.80 Å². The molecule has 28 nitrogen and oxygen atoms in total. The van der Waals surface area contributed by atoms with Crippen LogP contribution in [-0.4, -0.2) is 110 Å². The Morgan fingerprint density at radius 1 is 0.429 bits per heavy atom. The zero-order valence-electron chi connectivity index (χ0n) is 70.5. The molecule has 133 heavy (non-hydrogen) atoms. The van der Waals surface area contributed by atoms with E-state index in [0.29, 0.717) is 182 Å². The lowest BCUT2D eigenvalue weighted by Gasteiger charge is -2.36. The average molecular weight is 1870 g/mol. The number of Topliss-reactive ketones (excluding diaryl/α,β-unsaturated/α-hetero) is 2. The second-order valence-corrected chi connectivity index (χ2v) is 30.8. The van der Waals surface area contributed by atoms with Gasteiger partial charge in [-0.15, -0.1) is 7.77 Å². The fourth-order valence-corrected chi connectivity index (χ4v) is 17.1. The van der Waals surface area contributed by atoms with Crippen molar-refractivity contribution in [3.05, 3.63) is 352 Å². The van der Waals surface area contributed by atoms with Crippen LogP contribution in [0.4, 0.5) is 23.0 Å². The monoisotopic (exact) mass is 1870 g/mol. The number of amides is 2. The molecule has 20 rings (SSSR count). The molecular weight excluding hydrogens is 1790 g/mol. The molecule has 2 atom stereocenters. The number of halogens is 3. The molecule has 10 aromatic carbocycles. The van der Waals surface area contributed by atoms with Crippen molar-refractivity contribution in [3.8, 4) is 67.9 Å². The Labute approximate surface area is 780 Å². The summed E-state index contributed by atoms with van der Waals surface area (Å²) in [7, 11) is 0. The Bertz CT molecular complexity index is 7120. The number of esters is 2. The molecule has 2 aliphatic carbocycles. The number of morpholine rings is 2. The van der Waals surface area contributed by atoms with E-state index in [9.17, 15) is 60.2 Å². The lowest BCUT2D eigenvalue weighted by molar-refractivity contribution is -0.256. The minimum Gasteiger partial charge on any atom is -0.545 e. The van der Waals surface area contributed by atoms with Gasteiger partial charge < -0.3 is 77.7 Å². The van der Waals surface area contributed by atoms with Gasteiger partial charge in [0.15, 0.2) is 11.2 Å². The number of rotatable bonds is 14. The molecular formula is C98H77F3N10O18S4-2. The topological polar surface area (TPSA) is 416 Å². The molecule has 2 amide bonds. The van der Waals surface area contributed by atoms with Crippen LogP contribution >= 0.6 is 52.5 Å². The fourth-order valence-electron chi connectivity index (χ4n) is 17.1. The van der Waals surface area contributed by atoms with Crippen LogP contribution in [0.2, 0.25) is 0 Å². The van der Waals surface area contributed by atoms with Crippen LogP contribution in [0.1, 0.15) is 111 Å². The molecule has 0 bridgehead atoms. The van der Waals surface area contributed by atoms with E-state index in [0.717, 1.165) is 38.6 Å². The number of hydrogen-bond donors (Lipinski definition) is 3. The zero-order chi connectivity index (χ0) is 92.4. The largest absolute Gasteiger partial charge is 0.545 e. The SMILES string of the molecule is CC(=O)Cc1ccc2c(-c3ccccc3C(=O)[O-])c3ccc(=N)cc-3oc2c1.CC(=O)Cc1ccc2c(c1)Oc1cc(N=[N+]=[N-])ccc1C21OC(=O)c2ccccc21.FS.FSF.N=c1ccc2c(-c3ccccc3C(=O)[O-])c3ccc(CC(=O)N4CCOCC4)cc3oc-2c1.S.S.[N-]=[N+]=Nc1ccc2c(c1)Oc1cc(CC(=O)N3CCOCC3)ccc1C21OC(=O)c2ccccc21. The molecule has 2 fully saturated rings. The number of nitrogens with one attached hydrogen (secondary N) is 2. The highest BCUT2D eigenvalue weighted by molar-refractivity contribution is 7.89. The van der Waals surface area contributed by atoms with Gasteiger partial charge in [0.25, 0.3) is 12.5 Å². The van der Waals surface area contributed by atoms with Crippen molar-refractivity contribution in [3.63, 3.8) is 0 Å². The summed E-state index contributed by atoms with van der Waals surface area (Å²) in [5.41, 5.74) is 29.3. The third-order valence-electron chi connectivity index (χ3n) is 22.6. The minimum absolute atomic E-state index is 0. The van der Waals surface area contributed by atoms with Gasteiger partial charge in [-0.2, -0.15) is 30.9 Å². The smallest absolute Gasteiger partial charge is 0.340 e. The van der Waals surface area contributed by atoms with Gasteiger partial charge >= 0.3 is 11.9 Å². The molecule has 0 radical (unpaired) electrons. The standard InChI is InChI=1S/C26H20N4O5.C26H22N2O5.C23H15N3O4.C23H17NO4.F2S.FHS.2H2S/c27-29-28-17-6-8-21-23(15-17)34-22-13-16(14-24(31)30-9-11-33-12-10-30)5-7-20(22)26(21)19-4-2-1-3-18(19)25(32)35-26;27-17-6-8-21-23(15-17)33-22-13-16(14-24(29)28-9-11-32-12-10-28)5-7-20(22)25(21)18-3-1-2-4-19(18)26(30)31;1-13(27)10-14-6-8-18-20(11-14)29-21-12-15(25-26-24)7-9-19(21)23(18)17-5-3-2-4-16(17)22(28)30-23;1-13(25)10-14-6-8-18-20(11-14)28-21-12-15(24)7-9-19(21)22(18)16-4-2-3-5-17(16)23(26)27;1-3-2;1-2;;/h1-8,13,15H,9-12,14H2;1-8,13,15,27H,9-12,14H2,(H,30,31);2-9,11-12H,10H2,1H3;2-9,11-12,24H,10H2,1H3,(H,26,27);;2H;2*1H2/p-2. The van der Waals surface area contributed by atoms with Crippen LogP contribution in [0.5, 0.6) is 23.0 Å². The Morgan fingerprint density at radius 3 is 1.14 bits per heavy atom. The van der Waals surface area contributed by atoms with Crippen LogP contribution in [-0.2, 0) is 75.0 Å². The van der Waals surface area contributed by atoms with Crippen LogP contribution in [0, 0.1) is 10.8 Å². The number of carboxylic acids is 2. The van der Waals surface area contributed by atoms with Gasteiger partial charge in [0, 0.05) is 163 Å². The van der Waals surface area contributed by atoms with Gasteiger partial charge in [-0.25, -0.2) is 9.59 Å². The van der Waals surface area contributed by atoms with E-state index < -0.39 is 47.6 Å². The number of carbonyl (C=O) groups excluding carboxylic acids is 8. The summed E-state index contributed by atoms with van der Waals surface area (Å²) >= 11 is 0.778. The third-order valence-corrected chi connectivity index (χ3v) is 22.6. The number of fused-ring (bicyclic) bond motifs is 16. The number of aromatic carboxylic acids is 2. The highest BCUT2D eigenvalue weighted by Crippen LogP contribution is 2.59. The number of hydrogen-bond acceptors (Lipinski definition) is 24. The second kappa shape index (κ2) is 41.9. The number of benzene rings is 12. The lowest BCUT2D eigenvalue weighted by Crippen LogP contribution is -2.41. The zero-order valence-corrected chi connectivity index (χ0v) is 74.2. The maximum absolute atomic E-state index is 12.9. The van der Waals surface area contributed by atoms with Crippen LogP contribution in [0.25, 0.3) is 87.7 Å². The summed E-state index contributed by atoms with van der Waals surface area (Å²) in [6, 6.07) is 70.0. The number of azide groups is 2. The number of carbonyl (C=O) groups is 8. The first-order chi connectivity index (χ1) is 63.5. The summed E-state index contributed by atoms with van der Waals surface area (Å²) in [6.45, 7) is 7.52. The van der Waals surface area contributed by atoms with Gasteiger partial charge in [0.1, 0.15) is 57.3 Å². The summed E-state index contributed by atoms with van der Waals surface area (Å²) in [5, 5.41) is 48.8. The molecule has 0 saturated carbocycles. The highest BCUT2D eigenvalue weighted by Gasteiger charge is 2.55. The molecule has 0 aromatic heterocycles. The van der Waals surface area contributed by atoms with E-state index in [1.807, 2.05) is 97.9 Å². The van der Waals surface area contributed by atoms with E-state index in [1.165, 1.54) is 26.0 Å². The van der Waals surface area contributed by atoms with E-state index in [4.69, 9.17) is 59.1 Å². The number of carboxylic acid groups (broad SMARTS) is 2. The van der Waals surface area contributed by atoms with Crippen LogP contribution < -0.4 is 30.4 Å². The number of thiol groups is 1. The van der Waals surface area contributed by atoms with E-state index in [1.54, 1.807) is 155 Å². The lowest BCUT2D eigenvalue weighted by atomic mass is 9.77. The molecule has 2 spiro atoms. The van der Waals surface area contributed by atoms with Crippen molar-refractivity contribution in [2.75, 3.05) is 52.6 Å². The molecule has 35 heteroatoms. The number of ketones is 2. The summed E-state index contributed by atoms with van der Waals surface area (Å²) in [5.74, 6) is -0.506. The quantitative estimate of drug-likeness (QED) is 0.0227. The molecule has 10 aliphatic rings. The van der Waals surface area contributed by atoms with Crippen LogP contribution in [0.15, 0.2) is 262 Å². The van der Waals surface area contributed by atoms with Gasteiger partial charge in [0.2, 0.25) is 11.8 Å². The van der Waals surface area contributed by atoms with Crippen molar-refractivity contribution in [2.24, 2.45) is 10.2 Å². The Hall–Kier alpha value is -14.9. The predicted molar refractivity (Wildman–Crippen MR) is 496 cm³/mol. The van der Waals surface area contributed by atoms with E-state index in [2.05, 4.69) is 20.1 Å². The Balaban J connectivity index is 0.000000148. The first-order valence-electron chi connectivity index (χ1n) is 40.6.